The Kier molecular flexibility index (Phi) is 5.62. The predicted molar refractivity (Wildman–Crippen MR) is 70.1 cm³/mol. The minimum Gasteiger partial charge on any atom is -0.395 e. The molecule has 0 heterocycles. The van der Waals surface area contributed by atoms with Crippen molar-refractivity contribution < 1.29 is 10.2 Å². The van der Waals surface area contributed by atoms with Gasteiger partial charge in [0.05, 0.1) is 12.7 Å². The highest BCUT2D eigenvalue weighted by atomic mass is 16.3. The number of aliphatic hydroxyl groups is 2. The smallest absolute Gasteiger partial charge is 0.0802 e. The maximum Gasteiger partial charge on any atom is 0.0802 e. The topological polar surface area (TPSA) is 43.7 Å². The Morgan fingerprint density at radius 1 is 1.18 bits per heavy atom. The zero-order valence-corrected chi connectivity index (χ0v) is 11.0. The van der Waals surface area contributed by atoms with Crippen LogP contribution < -0.4 is 0 Å². The third-order valence-corrected chi connectivity index (χ3v) is 3.18. The van der Waals surface area contributed by atoms with Crippen LogP contribution in [0.2, 0.25) is 0 Å². The van der Waals surface area contributed by atoms with E-state index >= 15 is 0 Å². The van der Waals surface area contributed by atoms with Gasteiger partial charge in [0.25, 0.3) is 0 Å². The lowest BCUT2D eigenvalue weighted by molar-refractivity contribution is 0.141. The Morgan fingerprint density at radius 3 is 2.47 bits per heavy atom. The minimum atomic E-state index is -0.421. The van der Waals surface area contributed by atoms with Crippen LogP contribution in [-0.2, 0) is 0 Å². The van der Waals surface area contributed by atoms with Gasteiger partial charge in [0.15, 0.2) is 0 Å². The fourth-order valence-corrected chi connectivity index (χ4v) is 1.76. The maximum atomic E-state index is 10.1. The monoisotopic (exact) mass is 237 g/mol. The lowest BCUT2D eigenvalue weighted by atomic mass is 10.0. The Labute approximate surface area is 104 Å². The summed E-state index contributed by atoms with van der Waals surface area (Å²) in [6, 6.07) is 6.08. The van der Waals surface area contributed by atoms with Crippen LogP contribution >= 0.6 is 0 Å². The second-order valence-corrected chi connectivity index (χ2v) is 4.68. The molecule has 0 bridgehead atoms. The molecule has 0 aromatic heterocycles. The second-order valence-electron chi connectivity index (χ2n) is 4.68. The summed E-state index contributed by atoms with van der Waals surface area (Å²) >= 11 is 0. The van der Waals surface area contributed by atoms with E-state index in [-0.39, 0.29) is 6.61 Å². The maximum absolute atomic E-state index is 10.1. The summed E-state index contributed by atoms with van der Waals surface area (Å²) in [6.07, 6.45) is 0.273. The Morgan fingerprint density at radius 2 is 1.88 bits per heavy atom. The molecule has 0 spiro atoms. The molecule has 3 heteroatoms. The largest absolute Gasteiger partial charge is 0.395 e. The zero-order valence-electron chi connectivity index (χ0n) is 11.0. The Bertz CT molecular complexity index is 352. The lowest BCUT2D eigenvalue weighted by Gasteiger charge is -2.18. The molecule has 0 aliphatic rings. The van der Waals surface area contributed by atoms with E-state index < -0.39 is 6.10 Å². The summed E-state index contributed by atoms with van der Waals surface area (Å²) in [5, 5.41) is 18.8. The van der Waals surface area contributed by atoms with Gasteiger partial charge in [-0.25, -0.2) is 0 Å². The third-order valence-electron chi connectivity index (χ3n) is 3.18. The fourth-order valence-electron chi connectivity index (χ4n) is 1.76. The zero-order chi connectivity index (χ0) is 12.8. The Balaban J connectivity index is 2.52. The average molecular weight is 237 g/mol. The number of nitrogens with zero attached hydrogens (tertiary/aromatic N) is 1. The van der Waals surface area contributed by atoms with Crippen molar-refractivity contribution >= 4 is 0 Å². The molecule has 96 valence electrons. The summed E-state index contributed by atoms with van der Waals surface area (Å²) < 4.78 is 0. The van der Waals surface area contributed by atoms with E-state index in [1.54, 1.807) is 0 Å². The van der Waals surface area contributed by atoms with E-state index in [2.05, 4.69) is 13.8 Å². The van der Waals surface area contributed by atoms with Gasteiger partial charge in [-0.15, -0.1) is 0 Å². The van der Waals surface area contributed by atoms with Gasteiger partial charge in [0.2, 0.25) is 0 Å². The lowest BCUT2D eigenvalue weighted by Crippen LogP contribution is -2.24. The number of aliphatic hydroxyl groups excluding tert-OH is 2. The van der Waals surface area contributed by atoms with E-state index in [4.69, 9.17) is 5.11 Å². The van der Waals surface area contributed by atoms with Crippen molar-refractivity contribution in [2.45, 2.75) is 26.4 Å². The summed E-state index contributed by atoms with van der Waals surface area (Å²) in [5.74, 6) is 0. The van der Waals surface area contributed by atoms with Crippen molar-refractivity contribution in [1.29, 1.82) is 0 Å². The molecule has 1 atom stereocenters. The van der Waals surface area contributed by atoms with Gasteiger partial charge in [0.1, 0.15) is 0 Å². The molecule has 0 saturated heterocycles. The molecule has 0 amide bonds. The first-order chi connectivity index (χ1) is 8.04. The number of hydrogen-bond acceptors (Lipinski definition) is 3. The van der Waals surface area contributed by atoms with Crippen molar-refractivity contribution in [3.05, 3.63) is 34.9 Å². The van der Waals surface area contributed by atoms with Gasteiger partial charge in [-0.3, -0.25) is 0 Å². The van der Waals surface area contributed by atoms with Gasteiger partial charge in [-0.1, -0.05) is 18.2 Å². The third kappa shape index (κ3) is 4.46. The van der Waals surface area contributed by atoms with Crippen LogP contribution in [0, 0.1) is 13.8 Å². The summed E-state index contributed by atoms with van der Waals surface area (Å²) in [5.41, 5.74) is 3.44. The summed E-state index contributed by atoms with van der Waals surface area (Å²) in [6.45, 7) is 5.73. The van der Waals surface area contributed by atoms with E-state index in [9.17, 15) is 5.11 Å². The first-order valence-electron chi connectivity index (χ1n) is 6.09. The molecule has 0 saturated carbocycles. The van der Waals surface area contributed by atoms with Crippen molar-refractivity contribution in [2.75, 3.05) is 26.7 Å². The quantitative estimate of drug-likeness (QED) is 0.790. The first-order valence-corrected chi connectivity index (χ1v) is 6.09. The van der Waals surface area contributed by atoms with Crippen molar-refractivity contribution in [2.24, 2.45) is 0 Å². The van der Waals surface area contributed by atoms with Crippen LogP contribution in [0.25, 0.3) is 0 Å². The van der Waals surface area contributed by atoms with Gasteiger partial charge in [-0.05, 0) is 44.0 Å². The molecule has 0 aliphatic heterocycles. The summed E-state index contributed by atoms with van der Waals surface area (Å²) in [7, 11) is 1.95. The van der Waals surface area contributed by atoms with E-state index in [0.29, 0.717) is 13.0 Å². The molecule has 0 radical (unpaired) electrons. The molecule has 1 aromatic carbocycles. The first kappa shape index (κ1) is 14.2. The second kappa shape index (κ2) is 6.74. The van der Waals surface area contributed by atoms with Crippen molar-refractivity contribution in [3.63, 3.8) is 0 Å². The highest BCUT2D eigenvalue weighted by Gasteiger charge is 2.09. The van der Waals surface area contributed by atoms with E-state index in [1.807, 2.05) is 30.1 Å². The normalized spacial score (nSPS) is 13.1. The molecule has 2 N–H and O–H groups in total. The molecule has 1 rings (SSSR count). The number of aryl methyl sites for hydroxylation is 2. The van der Waals surface area contributed by atoms with Crippen molar-refractivity contribution in [1.82, 2.24) is 4.90 Å². The predicted octanol–water partition coefficient (Wildman–Crippen LogP) is 1.65. The molecule has 1 unspecified atom stereocenters. The summed E-state index contributed by atoms with van der Waals surface area (Å²) in [4.78, 5) is 2.02. The molecular formula is C14H23NO2. The molecule has 0 fully saturated rings. The van der Waals surface area contributed by atoms with Crippen LogP contribution in [0.5, 0.6) is 0 Å². The standard InChI is InChI=1S/C14H23NO2/c1-11-4-5-13(10-12(11)2)14(17)6-7-15(3)8-9-16/h4-5,10,14,16-17H,6-9H2,1-3H3. The number of rotatable bonds is 6. The van der Waals surface area contributed by atoms with Gasteiger partial charge in [-0.2, -0.15) is 0 Å². The van der Waals surface area contributed by atoms with Crippen LogP contribution in [0.4, 0.5) is 0 Å². The SMILES string of the molecule is Cc1ccc(C(O)CCN(C)CCO)cc1C. The fraction of sp³-hybridized carbons (Fsp3) is 0.571. The van der Waals surface area contributed by atoms with Crippen LogP contribution in [0.1, 0.15) is 29.2 Å². The number of likely N-dealkylation sites (N-methyl/N-ethyl adjacent to an activating group) is 1. The van der Waals surface area contributed by atoms with E-state index in [0.717, 1.165) is 12.1 Å². The Hall–Kier alpha value is -0.900. The van der Waals surface area contributed by atoms with Crippen LogP contribution in [0.15, 0.2) is 18.2 Å². The van der Waals surface area contributed by atoms with Crippen LogP contribution in [0.3, 0.4) is 0 Å². The number of hydrogen-bond donors (Lipinski definition) is 2. The molecule has 17 heavy (non-hydrogen) atoms. The van der Waals surface area contributed by atoms with Crippen LogP contribution in [-0.4, -0.2) is 41.9 Å². The highest BCUT2D eigenvalue weighted by Crippen LogP contribution is 2.19. The van der Waals surface area contributed by atoms with Gasteiger partial charge in [0, 0.05) is 13.1 Å². The van der Waals surface area contributed by atoms with E-state index in [1.165, 1.54) is 11.1 Å². The highest BCUT2D eigenvalue weighted by molar-refractivity contribution is 5.31. The molecule has 0 aliphatic carbocycles. The molecule has 1 aromatic rings. The van der Waals surface area contributed by atoms with Crippen molar-refractivity contribution in [3.8, 4) is 0 Å². The number of benzene rings is 1. The molecular weight excluding hydrogens is 214 g/mol. The average Bonchev–Trinajstić information content (AvgIpc) is 2.30. The molecule has 3 nitrogen and oxygen atoms in total. The van der Waals surface area contributed by atoms with Gasteiger partial charge < -0.3 is 15.1 Å². The minimum absolute atomic E-state index is 0.163. The van der Waals surface area contributed by atoms with Gasteiger partial charge >= 0.3 is 0 Å².